The van der Waals surface area contributed by atoms with Crippen molar-refractivity contribution in [2.75, 3.05) is 32.7 Å². The molecule has 3 aliphatic heterocycles. The summed E-state index contributed by atoms with van der Waals surface area (Å²) in [4.78, 5) is 60.1. The molecule has 242 valence electrons. The number of rotatable bonds is 9. The molecule has 0 spiro atoms. The van der Waals surface area contributed by atoms with Gasteiger partial charge in [0.05, 0.1) is 13.1 Å². The first-order valence-corrected chi connectivity index (χ1v) is 15.7. The summed E-state index contributed by atoms with van der Waals surface area (Å²) >= 11 is 0. The van der Waals surface area contributed by atoms with Crippen LogP contribution in [0.2, 0.25) is 0 Å². The molecule has 3 heterocycles. The zero-order valence-corrected chi connectivity index (χ0v) is 26.1. The molecule has 0 saturated carbocycles. The minimum Gasteiger partial charge on any atom is -0.508 e. The van der Waals surface area contributed by atoms with Gasteiger partial charge in [-0.15, -0.1) is 6.58 Å². The van der Waals surface area contributed by atoms with Crippen LogP contribution in [0.3, 0.4) is 0 Å². The van der Waals surface area contributed by atoms with E-state index in [0.717, 1.165) is 16.7 Å². The number of benzene rings is 3. The van der Waals surface area contributed by atoms with E-state index in [4.69, 9.17) is 0 Å². The van der Waals surface area contributed by atoms with Gasteiger partial charge in [0, 0.05) is 44.7 Å². The quantitative estimate of drug-likeness (QED) is 0.350. The number of phenolic OH excluding ortho intramolecular Hbond substituents is 1. The minimum atomic E-state index is -0.901. The molecular formula is C36H38N6O5. The highest BCUT2D eigenvalue weighted by Crippen LogP contribution is 2.30. The summed E-state index contributed by atoms with van der Waals surface area (Å²) in [5.41, 5.74) is 2.98. The zero-order chi connectivity index (χ0) is 32.9. The Morgan fingerprint density at radius 2 is 1.64 bits per heavy atom. The van der Waals surface area contributed by atoms with Crippen molar-refractivity contribution in [3.63, 3.8) is 0 Å². The summed E-state index contributed by atoms with van der Waals surface area (Å²) in [6.45, 7) is 5.64. The van der Waals surface area contributed by atoms with E-state index < -0.39 is 18.2 Å². The van der Waals surface area contributed by atoms with Crippen molar-refractivity contribution in [3.8, 4) is 5.75 Å². The number of hydrogen-bond donors (Lipinski definition) is 2. The Labute approximate surface area is 273 Å². The first-order chi connectivity index (χ1) is 22.8. The number of carbonyl (C=O) groups is 4. The monoisotopic (exact) mass is 634 g/mol. The zero-order valence-electron chi connectivity index (χ0n) is 26.1. The first-order valence-electron chi connectivity index (χ1n) is 15.7. The smallest absolute Gasteiger partial charge is 0.334 e. The Balaban J connectivity index is 1.32. The standard InChI is InChI=1S/C36H38N6O5/c1-2-17-40-25-33(44)41-31(21-26-13-15-30(43)16-14-26)35(46)39(23-28-11-8-12-29(20-28)34(45)38-18-6-7-19-38)24-32(41)42(40)36(47)37-22-27-9-4-3-5-10-27/h2-16,20,31-32,43H,1,17-19,21-25H2,(H,37,47)/t31-,32?/m0/s1. The van der Waals surface area contributed by atoms with Crippen LogP contribution in [0, 0.1) is 0 Å². The molecule has 47 heavy (non-hydrogen) atoms. The van der Waals surface area contributed by atoms with E-state index in [1.165, 1.54) is 9.91 Å². The third-order valence-corrected chi connectivity index (χ3v) is 8.68. The Hall–Kier alpha value is -5.42. The van der Waals surface area contributed by atoms with Crippen molar-refractivity contribution in [1.29, 1.82) is 0 Å². The Kier molecular flexibility index (Phi) is 9.35. The van der Waals surface area contributed by atoms with Gasteiger partial charge in [-0.2, -0.15) is 0 Å². The van der Waals surface area contributed by atoms with Gasteiger partial charge in [0.25, 0.3) is 5.91 Å². The van der Waals surface area contributed by atoms with Crippen molar-refractivity contribution < 1.29 is 24.3 Å². The molecule has 0 radical (unpaired) electrons. The fourth-order valence-electron chi connectivity index (χ4n) is 6.40. The summed E-state index contributed by atoms with van der Waals surface area (Å²) in [6.07, 6.45) is 4.94. The van der Waals surface area contributed by atoms with Crippen LogP contribution >= 0.6 is 0 Å². The minimum absolute atomic E-state index is 0.0667. The predicted octanol–water partition coefficient (Wildman–Crippen LogP) is 3.14. The van der Waals surface area contributed by atoms with Crippen LogP contribution < -0.4 is 5.32 Å². The Morgan fingerprint density at radius 1 is 0.915 bits per heavy atom. The molecule has 2 N–H and O–H groups in total. The fourth-order valence-corrected chi connectivity index (χ4v) is 6.40. The van der Waals surface area contributed by atoms with Crippen LogP contribution in [0.5, 0.6) is 5.75 Å². The van der Waals surface area contributed by atoms with Crippen molar-refractivity contribution in [2.24, 2.45) is 0 Å². The van der Waals surface area contributed by atoms with Gasteiger partial charge in [0.2, 0.25) is 11.8 Å². The molecule has 5 amide bonds. The molecule has 1 unspecified atom stereocenters. The SMILES string of the molecule is C=CCN1CC(=O)N2C(CN(Cc3cccc(C(=O)N4CC=CC4)c3)C(=O)[C@@H]2Cc2ccc(O)cc2)N1C(=O)NCc1ccccc1. The molecule has 0 aliphatic carbocycles. The molecule has 2 atom stereocenters. The number of hydrazine groups is 1. The summed E-state index contributed by atoms with van der Waals surface area (Å²) < 4.78 is 0. The van der Waals surface area contributed by atoms with E-state index >= 15 is 0 Å². The van der Waals surface area contributed by atoms with Crippen molar-refractivity contribution in [1.82, 2.24) is 30.0 Å². The van der Waals surface area contributed by atoms with E-state index in [1.807, 2.05) is 48.6 Å². The number of piperazine rings is 1. The molecule has 3 aromatic carbocycles. The number of nitrogens with zero attached hydrogens (tertiary/aromatic N) is 5. The van der Waals surface area contributed by atoms with E-state index in [1.54, 1.807) is 63.3 Å². The van der Waals surface area contributed by atoms with Gasteiger partial charge in [-0.05, 0) is 41.0 Å². The fraction of sp³-hybridized carbons (Fsp3) is 0.278. The summed E-state index contributed by atoms with van der Waals surface area (Å²) in [5.74, 6) is -0.521. The summed E-state index contributed by atoms with van der Waals surface area (Å²) in [5, 5.41) is 16.0. The van der Waals surface area contributed by atoms with Gasteiger partial charge >= 0.3 is 6.03 Å². The number of phenols is 1. The second kappa shape index (κ2) is 13.9. The van der Waals surface area contributed by atoms with Crippen LogP contribution in [0.4, 0.5) is 4.79 Å². The molecule has 6 rings (SSSR count). The summed E-state index contributed by atoms with van der Waals surface area (Å²) in [6, 6.07) is 22.0. The number of amides is 5. The second-order valence-electron chi connectivity index (χ2n) is 11.9. The van der Waals surface area contributed by atoms with Crippen molar-refractivity contribution in [2.45, 2.75) is 31.7 Å². The lowest BCUT2D eigenvalue weighted by atomic mass is 9.98. The normalized spacial score (nSPS) is 19.6. The number of urea groups is 1. The Bertz CT molecular complexity index is 1670. The molecule has 11 nitrogen and oxygen atoms in total. The van der Waals surface area contributed by atoms with E-state index in [-0.39, 0.29) is 62.6 Å². The van der Waals surface area contributed by atoms with Crippen molar-refractivity contribution in [3.05, 3.63) is 126 Å². The highest BCUT2D eigenvalue weighted by atomic mass is 16.3. The average molecular weight is 635 g/mol. The maximum absolute atomic E-state index is 14.3. The lowest BCUT2D eigenvalue weighted by molar-refractivity contribution is -0.189. The second-order valence-corrected chi connectivity index (χ2v) is 11.9. The largest absolute Gasteiger partial charge is 0.508 e. The Morgan fingerprint density at radius 3 is 2.36 bits per heavy atom. The van der Waals surface area contributed by atoms with Crippen LogP contribution in [0.25, 0.3) is 0 Å². The molecule has 2 saturated heterocycles. The third kappa shape index (κ3) is 6.90. The van der Waals surface area contributed by atoms with Crippen LogP contribution in [0.1, 0.15) is 27.0 Å². The van der Waals surface area contributed by atoms with Crippen LogP contribution in [-0.4, -0.2) is 98.5 Å². The molecule has 0 bridgehead atoms. The molecule has 3 aromatic rings. The molecule has 2 fully saturated rings. The van der Waals surface area contributed by atoms with Gasteiger partial charge in [-0.3, -0.25) is 14.4 Å². The lowest BCUT2D eigenvalue weighted by Gasteiger charge is -2.55. The van der Waals surface area contributed by atoms with Crippen LogP contribution in [-0.2, 0) is 29.1 Å². The highest BCUT2D eigenvalue weighted by molar-refractivity contribution is 5.95. The van der Waals surface area contributed by atoms with Gasteiger partial charge < -0.3 is 25.1 Å². The van der Waals surface area contributed by atoms with Crippen molar-refractivity contribution >= 4 is 23.8 Å². The number of fused-ring (bicyclic) bond motifs is 1. The first kappa shape index (κ1) is 31.6. The number of hydrogen-bond acceptors (Lipinski definition) is 6. The van der Waals surface area contributed by atoms with E-state index in [0.29, 0.717) is 18.7 Å². The predicted molar refractivity (Wildman–Crippen MR) is 175 cm³/mol. The summed E-state index contributed by atoms with van der Waals surface area (Å²) in [7, 11) is 0. The average Bonchev–Trinajstić information content (AvgIpc) is 3.62. The van der Waals surface area contributed by atoms with Gasteiger partial charge in [0.15, 0.2) is 0 Å². The van der Waals surface area contributed by atoms with E-state index in [9.17, 15) is 24.3 Å². The van der Waals surface area contributed by atoms with Gasteiger partial charge in [-0.25, -0.2) is 14.8 Å². The third-order valence-electron chi connectivity index (χ3n) is 8.68. The molecule has 0 aromatic heterocycles. The molecule has 3 aliphatic rings. The highest BCUT2D eigenvalue weighted by Gasteiger charge is 2.51. The number of nitrogens with one attached hydrogen (secondary N) is 1. The van der Waals surface area contributed by atoms with Gasteiger partial charge in [-0.1, -0.05) is 72.8 Å². The number of carbonyl (C=O) groups excluding carboxylic acids is 4. The van der Waals surface area contributed by atoms with E-state index in [2.05, 4.69) is 11.9 Å². The maximum Gasteiger partial charge on any atom is 0.334 e. The van der Waals surface area contributed by atoms with Gasteiger partial charge in [0.1, 0.15) is 18.0 Å². The number of aromatic hydroxyl groups is 1. The van der Waals surface area contributed by atoms with Crippen LogP contribution in [0.15, 0.2) is 104 Å². The maximum atomic E-state index is 14.3. The topological polar surface area (TPSA) is 117 Å². The molecule has 11 heteroatoms. The molecular weight excluding hydrogens is 596 g/mol. The lowest BCUT2D eigenvalue weighted by Crippen LogP contribution is -2.76.